The normalized spacial score (nSPS) is 15.7. The van der Waals surface area contributed by atoms with Gasteiger partial charge in [-0.25, -0.2) is 4.79 Å². The van der Waals surface area contributed by atoms with Crippen molar-refractivity contribution in [2.75, 3.05) is 13.2 Å². The van der Waals surface area contributed by atoms with Gasteiger partial charge in [0.15, 0.2) is 5.75 Å². The molecule has 0 saturated heterocycles. The van der Waals surface area contributed by atoms with E-state index in [1.807, 2.05) is 78.9 Å². The molecule has 1 aromatic heterocycles. The fourth-order valence-corrected chi connectivity index (χ4v) is 6.66. The number of carbonyl (C=O) groups is 2. The van der Waals surface area contributed by atoms with Crippen molar-refractivity contribution in [3.63, 3.8) is 0 Å². The average Bonchev–Trinajstić information content (AvgIpc) is 3.48. The molecule has 7 nitrogen and oxygen atoms in total. The number of nitrogens with one attached hydrogen (secondary N) is 1. The van der Waals surface area contributed by atoms with Crippen LogP contribution < -0.4 is 10.1 Å². The molecule has 0 bridgehead atoms. The molecule has 0 aliphatic heterocycles. The van der Waals surface area contributed by atoms with Gasteiger partial charge in [0.25, 0.3) is 0 Å². The van der Waals surface area contributed by atoms with E-state index in [1.54, 1.807) is 12.1 Å². The molecule has 48 heavy (non-hydrogen) atoms. The van der Waals surface area contributed by atoms with Gasteiger partial charge in [-0.05, 0) is 102 Å². The Morgan fingerprint density at radius 1 is 0.938 bits per heavy atom. The zero-order valence-corrected chi connectivity index (χ0v) is 28.8. The van der Waals surface area contributed by atoms with Crippen molar-refractivity contribution in [2.24, 2.45) is 5.92 Å². The van der Waals surface area contributed by atoms with E-state index in [-0.39, 0.29) is 31.6 Å². The summed E-state index contributed by atoms with van der Waals surface area (Å²) in [4.78, 5) is 26.3. The summed E-state index contributed by atoms with van der Waals surface area (Å²) in [6, 6.07) is 28.4. The van der Waals surface area contributed by atoms with Gasteiger partial charge in [-0.3, -0.25) is 4.79 Å². The molecular weight excluding hydrogens is 717 g/mol. The number of aliphatic hydroxyl groups excluding tert-OH is 1. The Kier molecular flexibility index (Phi) is 10.8. The predicted octanol–water partition coefficient (Wildman–Crippen LogP) is 8.28. The first kappa shape index (κ1) is 33.3. The Morgan fingerprint density at radius 2 is 1.67 bits per heavy atom. The Bertz CT molecular complexity index is 1970. The third-order valence-corrected chi connectivity index (χ3v) is 9.17. The molecule has 0 unspecified atom stereocenters. The number of aliphatic hydroxyl groups is 1. The van der Waals surface area contributed by atoms with E-state index in [2.05, 4.69) is 46.7 Å². The topological polar surface area (TPSA) is 98.0 Å². The summed E-state index contributed by atoms with van der Waals surface area (Å²) in [6.45, 7) is 2.30. The third kappa shape index (κ3) is 8.09. The molecule has 1 amide bonds. The van der Waals surface area contributed by atoms with Crippen LogP contribution in [0.3, 0.4) is 0 Å². The highest BCUT2D eigenvalue weighted by atomic mass is 127. The maximum atomic E-state index is 13.9. The van der Waals surface area contributed by atoms with Crippen molar-refractivity contribution in [2.45, 2.75) is 45.1 Å². The van der Waals surface area contributed by atoms with Crippen molar-refractivity contribution >= 4 is 45.4 Å². The number of esters is 1. The largest absolute Gasteiger partial charge is 0.459 e. The minimum atomic E-state index is -0.405. The molecule has 2 N–H and O–H groups in total. The molecule has 4 aromatic carbocycles. The number of ether oxygens (including phenoxy) is 2. The van der Waals surface area contributed by atoms with Crippen molar-refractivity contribution in [1.82, 2.24) is 5.32 Å². The highest BCUT2D eigenvalue weighted by Crippen LogP contribution is 2.39. The van der Waals surface area contributed by atoms with E-state index in [0.29, 0.717) is 45.3 Å². The number of halogens is 1. The number of furan rings is 1. The molecule has 8 heteroatoms. The molecule has 244 valence electrons. The van der Waals surface area contributed by atoms with Gasteiger partial charge in [0.05, 0.1) is 22.2 Å². The van der Waals surface area contributed by atoms with Gasteiger partial charge < -0.3 is 24.3 Å². The predicted molar refractivity (Wildman–Crippen MR) is 194 cm³/mol. The van der Waals surface area contributed by atoms with Crippen LogP contribution in [-0.2, 0) is 16.0 Å². The Morgan fingerprint density at radius 3 is 2.40 bits per heavy atom. The van der Waals surface area contributed by atoms with Crippen LogP contribution in [0.15, 0.2) is 95.4 Å². The van der Waals surface area contributed by atoms with Crippen LogP contribution >= 0.6 is 22.6 Å². The second kappa shape index (κ2) is 15.5. The van der Waals surface area contributed by atoms with Gasteiger partial charge >= 0.3 is 5.97 Å². The smallest absolute Gasteiger partial charge is 0.343 e. The minimum absolute atomic E-state index is 0.127. The van der Waals surface area contributed by atoms with Gasteiger partial charge in [-0.15, -0.1) is 0 Å². The van der Waals surface area contributed by atoms with E-state index in [1.165, 1.54) is 0 Å². The summed E-state index contributed by atoms with van der Waals surface area (Å²) in [6.07, 6.45) is 3.77. The second-order valence-corrected chi connectivity index (χ2v) is 13.2. The molecule has 0 radical (unpaired) electrons. The van der Waals surface area contributed by atoms with Crippen LogP contribution in [0.5, 0.6) is 11.5 Å². The van der Waals surface area contributed by atoms with Gasteiger partial charge in [0, 0.05) is 23.1 Å². The number of benzene rings is 4. The number of carbonyl (C=O) groups excluding carboxylic acids is 2. The Balaban J connectivity index is 1.38. The molecule has 1 aliphatic rings. The van der Waals surface area contributed by atoms with Gasteiger partial charge in [0.1, 0.15) is 28.8 Å². The lowest BCUT2D eigenvalue weighted by molar-refractivity contribution is -0.120. The lowest BCUT2D eigenvalue weighted by Crippen LogP contribution is -2.27. The highest BCUT2D eigenvalue weighted by Gasteiger charge is 2.28. The molecule has 0 atom stereocenters. The Hall–Kier alpha value is -4.59. The first-order chi connectivity index (χ1) is 23.4. The van der Waals surface area contributed by atoms with Crippen LogP contribution in [-0.4, -0.2) is 36.2 Å². The van der Waals surface area contributed by atoms with Crippen LogP contribution in [0.4, 0.5) is 0 Å². The Labute approximate surface area is 293 Å². The summed E-state index contributed by atoms with van der Waals surface area (Å²) >= 11 is 2.19. The van der Waals surface area contributed by atoms with Crippen LogP contribution in [0.1, 0.15) is 59.7 Å². The number of hydrogen-bond donors (Lipinski definition) is 2. The summed E-state index contributed by atoms with van der Waals surface area (Å²) < 4.78 is 19.7. The van der Waals surface area contributed by atoms with Crippen molar-refractivity contribution < 1.29 is 28.6 Å². The van der Waals surface area contributed by atoms with Crippen LogP contribution in [0.25, 0.3) is 22.3 Å². The van der Waals surface area contributed by atoms with Crippen LogP contribution in [0, 0.1) is 21.3 Å². The van der Waals surface area contributed by atoms with E-state index < -0.39 is 5.97 Å². The summed E-state index contributed by atoms with van der Waals surface area (Å²) in [5.74, 6) is 7.97. The van der Waals surface area contributed by atoms with E-state index in [4.69, 9.17) is 19.0 Å². The average molecular weight is 754 g/mol. The quantitative estimate of drug-likeness (QED) is 0.0894. The molecule has 1 heterocycles. The number of amides is 1. The van der Waals surface area contributed by atoms with E-state index >= 15 is 0 Å². The lowest BCUT2D eigenvalue weighted by Gasteiger charge is -2.26. The van der Waals surface area contributed by atoms with Crippen molar-refractivity contribution in [1.29, 1.82) is 0 Å². The lowest BCUT2D eigenvalue weighted by atomic mass is 9.89. The van der Waals surface area contributed by atoms with E-state index in [0.717, 1.165) is 45.9 Å². The minimum Gasteiger partial charge on any atom is -0.459 e. The fourth-order valence-electron chi connectivity index (χ4n) is 5.86. The maximum absolute atomic E-state index is 13.9. The first-order valence-corrected chi connectivity index (χ1v) is 17.2. The molecule has 6 rings (SSSR count). The van der Waals surface area contributed by atoms with Crippen molar-refractivity contribution in [3.05, 3.63) is 117 Å². The second-order valence-electron chi connectivity index (χ2n) is 12.0. The summed E-state index contributed by atoms with van der Waals surface area (Å²) in [7, 11) is 0. The van der Waals surface area contributed by atoms with Crippen molar-refractivity contribution in [3.8, 4) is 34.7 Å². The zero-order valence-electron chi connectivity index (χ0n) is 26.6. The van der Waals surface area contributed by atoms with E-state index in [9.17, 15) is 9.59 Å². The number of hydrogen-bond acceptors (Lipinski definition) is 6. The fraction of sp³-hybridized carbons (Fsp3) is 0.250. The first-order valence-electron chi connectivity index (χ1n) is 16.2. The third-order valence-electron chi connectivity index (χ3n) is 8.37. The maximum Gasteiger partial charge on any atom is 0.343 e. The molecule has 1 fully saturated rings. The number of rotatable bonds is 9. The standard InChI is InChI=1S/C40H36INO6/c1-26-12-16-31(17-13-26)47-40(45)37-33-25-32(18-19-35(33)48-39(37)29-10-6-3-7-11-29)46-38-30(15-14-27-8-4-2-5-9-27)22-28(23-34(38)41)24-36(44)42-20-21-43/h2-11,18-19,22-23,25-26,31,43H,12-13,16-17,20-21,24H2,1H3,(H,42,44). The van der Waals surface area contributed by atoms with Gasteiger partial charge in [-0.2, -0.15) is 0 Å². The molecule has 1 saturated carbocycles. The molecule has 0 spiro atoms. The molecule has 1 aliphatic carbocycles. The van der Waals surface area contributed by atoms with Crippen LogP contribution in [0.2, 0.25) is 0 Å². The zero-order chi connectivity index (χ0) is 33.5. The SMILES string of the molecule is CC1CCC(OC(=O)c2c(-c3ccccc3)oc3ccc(Oc4c(I)cc(CC(=O)NCCO)cc4C#Cc4ccccc4)cc23)CC1. The van der Waals surface area contributed by atoms with Gasteiger partial charge in [-0.1, -0.05) is 67.3 Å². The highest BCUT2D eigenvalue weighted by molar-refractivity contribution is 14.1. The molecule has 5 aromatic rings. The van der Waals surface area contributed by atoms with Gasteiger partial charge in [0.2, 0.25) is 5.91 Å². The summed E-state index contributed by atoms with van der Waals surface area (Å²) in [5.41, 5.74) is 3.93. The molecular formula is C40H36INO6. The number of fused-ring (bicyclic) bond motifs is 1. The summed E-state index contributed by atoms with van der Waals surface area (Å²) in [5, 5.41) is 12.4. The monoisotopic (exact) mass is 753 g/mol.